The summed E-state index contributed by atoms with van der Waals surface area (Å²) in [6.07, 6.45) is 3.36. The van der Waals surface area contributed by atoms with Gasteiger partial charge >= 0.3 is 5.97 Å². The predicted octanol–water partition coefficient (Wildman–Crippen LogP) is 6.32. The maximum absolute atomic E-state index is 12.7. The Morgan fingerprint density at radius 3 is 1.73 bits per heavy atom. The van der Waals surface area contributed by atoms with E-state index in [1.165, 1.54) is 0 Å². The monoisotopic (exact) mass is 452 g/mol. The van der Waals surface area contributed by atoms with Crippen molar-refractivity contribution in [1.82, 2.24) is 0 Å². The first-order valence-corrected chi connectivity index (χ1v) is 11.1. The lowest BCUT2D eigenvalue weighted by Gasteiger charge is -2.30. The summed E-state index contributed by atoms with van der Waals surface area (Å²) in [5, 5.41) is 0. The molecule has 0 aliphatic rings. The second-order valence-electron chi connectivity index (χ2n) is 9.94. The van der Waals surface area contributed by atoms with Gasteiger partial charge < -0.3 is 14.2 Å². The number of esters is 1. The van der Waals surface area contributed by atoms with Crippen LogP contribution in [0, 0.1) is 27.7 Å². The Balaban J connectivity index is 2.24. The lowest BCUT2D eigenvalue weighted by Crippen LogP contribution is -2.43. The van der Waals surface area contributed by atoms with Crippen molar-refractivity contribution in [3.05, 3.63) is 63.7 Å². The molecule has 0 heterocycles. The minimum absolute atomic E-state index is 0.0782. The van der Waals surface area contributed by atoms with Crippen LogP contribution in [0.25, 0.3) is 6.08 Å². The van der Waals surface area contributed by atoms with Gasteiger partial charge in [-0.25, -0.2) is 4.79 Å². The molecule has 0 fully saturated rings. The number of rotatable bonds is 7. The van der Waals surface area contributed by atoms with E-state index >= 15 is 0 Å². The molecule has 0 atom stereocenters. The van der Waals surface area contributed by atoms with Crippen LogP contribution in [0.1, 0.15) is 72.8 Å². The predicted molar refractivity (Wildman–Crippen MR) is 132 cm³/mol. The summed E-state index contributed by atoms with van der Waals surface area (Å²) in [6.45, 7) is 16.6. The molecule has 5 nitrogen and oxygen atoms in total. The first-order valence-electron chi connectivity index (χ1n) is 11.1. The van der Waals surface area contributed by atoms with Gasteiger partial charge in [0.05, 0.1) is 7.11 Å². The molecule has 0 unspecified atom stereocenters. The second-order valence-corrected chi connectivity index (χ2v) is 9.94. The van der Waals surface area contributed by atoms with E-state index in [1.807, 2.05) is 72.7 Å². The second kappa shape index (κ2) is 9.82. The zero-order valence-electron chi connectivity index (χ0n) is 21.5. The zero-order chi connectivity index (χ0) is 25.1. The number of carbonyl (C=O) groups excluding carboxylic acids is 2. The van der Waals surface area contributed by atoms with Gasteiger partial charge in [0.1, 0.15) is 17.1 Å². The molecule has 0 aliphatic carbocycles. The third kappa shape index (κ3) is 6.70. The van der Waals surface area contributed by atoms with Crippen molar-refractivity contribution >= 4 is 17.8 Å². The zero-order valence-corrected chi connectivity index (χ0v) is 21.5. The normalized spacial score (nSPS) is 12.1. The quantitative estimate of drug-likeness (QED) is 0.279. The van der Waals surface area contributed by atoms with E-state index in [2.05, 4.69) is 0 Å². The molecule has 0 aromatic heterocycles. The summed E-state index contributed by atoms with van der Waals surface area (Å²) in [5.41, 5.74) is 3.36. The summed E-state index contributed by atoms with van der Waals surface area (Å²) in [4.78, 5) is 25.3. The Morgan fingerprint density at radius 2 is 1.27 bits per heavy atom. The molecular weight excluding hydrogens is 416 g/mol. The molecule has 0 saturated carbocycles. The van der Waals surface area contributed by atoms with Gasteiger partial charge in [0.25, 0.3) is 0 Å². The SMILES string of the molecule is COc1c(C)cc(C(=O)C=Cc2cc(C)c(OC(C)(C)C(=O)OC(C)(C)C)c(C)c2)cc1C. The van der Waals surface area contributed by atoms with Crippen LogP contribution in [-0.2, 0) is 9.53 Å². The fourth-order valence-corrected chi connectivity index (χ4v) is 3.62. The van der Waals surface area contributed by atoms with Gasteiger partial charge in [-0.3, -0.25) is 4.79 Å². The van der Waals surface area contributed by atoms with E-state index in [1.54, 1.807) is 33.1 Å². The smallest absolute Gasteiger partial charge is 0.350 e. The van der Waals surface area contributed by atoms with E-state index in [-0.39, 0.29) is 5.78 Å². The number of methoxy groups -OCH3 is 1. The van der Waals surface area contributed by atoms with Crippen molar-refractivity contribution in [1.29, 1.82) is 0 Å². The molecular formula is C28H36O5. The lowest BCUT2D eigenvalue weighted by molar-refractivity contribution is -0.171. The number of allylic oxidation sites excluding steroid dienone is 1. The van der Waals surface area contributed by atoms with E-state index < -0.39 is 17.2 Å². The molecule has 0 saturated heterocycles. The van der Waals surface area contributed by atoms with Crippen molar-refractivity contribution in [3.63, 3.8) is 0 Å². The molecule has 2 aromatic carbocycles. The number of ether oxygens (including phenoxy) is 3. The number of ketones is 1. The van der Waals surface area contributed by atoms with E-state index in [4.69, 9.17) is 14.2 Å². The lowest BCUT2D eigenvalue weighted by atomic mass is 10.0. The largest absolute Gasteiger partial charge is 0.496 e. The van der Waals surface area contributed by atoms with Crippen molar-refractivity contribution in [2.45, 2.75) is 73.5 Å². The Kier molecular flexibility index (Phi) is 7.79. The van der Waals surface area contributed by atoms with Gasteiger partial charge in [-0.1, -0.05) is 6.08 Å². The third-order valence-corrected chi connectivity index (χ3v) is 5.11. The number of hydrogen-bond acceptors (Lipinski definition) is 5. The van der Waals surface area contributed by atoms with Crippen LogP contribution in [0.4, 0.5) is 0 Å². The standard InChI is InChI=1S/C28H36O5/c1-17-13-21(11-12-23(29)22-15-19(3)24(31-10)20(4)16-22)14-18(2)25(17)32-28(8,9)26(30)33-27(5,6)7/h11-16H,1-10H3. The number of aryl methyl sites for hydroxylation is 4. The van der Waals surface area contributed by atoms with Gasteiger partial charge in [-0.2, -0.15) is 0 Å². The highest BCUT2D eigenvalue weighted by atomic mass is 16.6. The van der Waals surface area contributed by atoms with Gasteiger partial charge in [0.15, 0.2) is 11.4 Å². The number of hydrogen-bond donors (Lipinski definition) is 0. The number of carbonyl (C=O) groups is 2. The van der Waals surface area contributed by atoms with Crippen LogP contribution < -0.4 is 9.47 Å². The van der Waals surface area contributed by atoms with Crippen molar-refractivity contribution < 1.29 is 23.8 Å². The average molecular weight is 453 g/mol. The molecule has 2 aromatic rings. The van der Waals surface area contributed by atoms with Gasteiger partial charge in [-0.15, -0.1) is 0 Å². The highest BCUT2D eigenvalue weighted by Crippen LogP contribution is 2.30. The summed E-state index contributed by atoms with van der Waals surface area (Å²) in [5.74, 6) is 0.932. The Labute approximate surface area is 197 Å². The van der Waals surface area contributed by atoms with E-state index in [0.29, 0.717) is 11.3 Å². The molecule has 0 spiro atoms. The highest BCUT2D eigenvalue weighted by molar-refractivity contribution is 6.07. The van der Waals surface area contributed by atoms with Crippen LogP contribution in [0.3, 0.4) is 0 Å². The van der Waals surface area contributed by atoms with Crippen molar-refractivity contribution in [3.8, 4) is 11.5 Å². The van der Waals surface area contributed by atoms with Crippen LogP contribution in [0.15, 0.2) is 30.3 Å². The minimum Gasteiger partial charge on any atom is -0.496 e. The van der Waals surface area contributed by atoms with Crippen LogP contribution in [0.2, 0.25) is 0 Å². The maximum Gasteiger partial charge on any atom is 0.350 e. The fourth-order valence-electron chi connectivity index (χ4n) is 3.62. The molecule has 0 N–H and O–H groups in total. The van der Waals surface area contributed by atoms with Gasteiger partial charge in [0, 0.05) is 5.56 Å². The van der Waals surface area contributed by atoms with Crippen LogP contribution >= 0.6 is 0 Å². The van der Waals surface area contributed by atoms with E-state index in [0.717, 1.165) is 33.6 Å². The molecule has 0 radical (unpaired) electrons. The molecule has 5 heteroatoms. The van der Waals surface area contributed by atoms with Gasteiger partial charge in [0.2, 0.25) is 0 Å². The fraction of sp³-hybridized carbons (Fsp3) is 0.429. The Bertz CT molecular complexity index is 1040. The first kappa shape index (κ1) is 26.2. The molecule has 33 heavy (non-hydrogen) atoms. The topological polar surface area (TPSA) is 61.8 Å². The Morgan fingerprint density at radius 1 is 0.788 bits per heavy atom. The molecule has 178 valence electrons. The summed E-state index contributed by atoms with van der Waals surface area (Å²) in [7, 11) is 1.63. The number of benzene rings is 2. The molecule has 0 aliphatic heterocycles. The molecule has 0 bridgehead atoms. The summed E-state index contributed by atoms with van der Waals surface area (Å²) < 4.78 is 17.0. The van der Waals surface area contributed by atoms with Gasteiger partial charge in [-0.05, 0) is 120 Å². The Hall–Kier alpha value is -3.08. The van der Waals surface area contributed by atoms with Crippen molar-refractivity contribution in [2.75, 3.05) is 7.11 Å². The van der Waals surface area contributed by atoms with Crippen molar-refractivity contribution in [2.24, 2.45) is 0 Å². The minimum atomic E-state index is -1.14. The first-order chi connectivity index (χ1) is 15.1. The van der Waals surface area contributed by atoms with Crippen LogP contribution in [-0.4, -0.2) is 30.1 Å². The van der Waals surface area contributed by atoms with Crippen LogP contribution in [0.5, 0.6) is 11.5 Å². The van der Waals surface area contributed by atoms with E-state index in [9.17, 15) is 9.59 Å². The summed E-state index contributed by atoms with van der Waals surface area (Å²) >= 11 is 0. The highest BCUT2D eigenvalue weighted by Gasteiger charge is 2.35. The maximum atomic E-state index is 12.7. The molecule has 2 rings (SSSR count). The molecule has 0 amide bonds. The third-order valence-electron chi connectivity index (χ3n) is 5.11. The summed E-state index contributed by atoms with van der Waals surface area (Å²) in [6, 6.07) is 7.54. The average Bonchev–Trinajstić information content (AvgIpc) is 2.67.